The largest absolute Gasteiger partial charge is 0.331 e. The molecule has 4 rings (SSSR count). The molecule has 1 unspecified atom stereocenters. The van der Waals surface area contributed by atoms with Gasteiger partial charge in [-0.15, -0.1) is 21.5 Å². The maximum atomic E-state index is 12.6. The van der Waals surface area contributed by atoms with Crippen LogP contribution in [0.5, 0.6) is 0 Å². The van der Waals surface area contributed by atoms with Crippen molar-refractivity contribution in [2.24, 2.45) is 0 Å². The molecule has 140 valence electrons. The van der Waals surface area contributed by atoms with Gasteiger partial charge in [-0.3, -0.25) is 0 Å². The van der Waals surface area contributed by atoms with Crippen LogP contribution >= 0.6 is 11.3 Å². The van der Waals surface area contributed by atoms with Gasteiger partial charge in [0.05, 0.1) is 17.2 Å². The summed E-state index contributed by atoms with van der Waals surface area (Å²) in [7, 11) is 0. The first-order valence-electron chi connectivity index (χ1n) is 9.62. The molecule has 0 spiro atoms. The predicted molar refractivity (Wildman–Crippen MR) is 100 cm³/mol. The van der Waals surface area contributed by atoms with E-state index in [4.69, 9.17) is 4.98 Å². The lowest BCUT2D eigenvalue weighted by atomic mass is 9.99. The van der Waals surface area contributed by atoms with E-state index in [9.17, 15) is 4.79 Å². The van der Waals surface area contributed by atoms with Gasteiger partial charge in [0.15, 0.2) is 5.82 Å². The first-order valence-corrected chi connectivity index (χ1v) is 10.5. The average molecular weight is 375 g/mol. The van der Waals surface area contributed by atoms with Crippen molar-refractivity contribution >= 4 is 17.4 Å². The summed E-state index contributed by atoms with van der Waals surface area (Å²) in [6.07, 6.45) is 6.43. The van der Waals surface area contributed by atoms with E-state index in [1.54, 1.807) is 11.3 Å². The summed E-state index contributed by atoms with van der Waals surface area (Å²) in [5, 5.41) is 14.9. The van der Waals surface area contributed by atoms with Gasteiger partial charge in [-0.2, -0.15) is 0 Å². The molecule has 0 bridgehead atoms. The quantitative estimate of drug-likeness (QED) is 0.893. The van der Waals surface area contributed by atoms with Gasteiger partial charge < -0.3 is 14.8 Å². The van der Waals surface area contributed by atoms with Crippen molar-refractivity contribution in [3.05, 3.63) is 27.7 Å². The Morgan fingerprint density at radius 1 is 1.31 bits per heavy atom. The summed E-state index contributed by atoms with van der Waals surface area (Å²) >= 11 is 1.73. The molecule has 4 heterocycles. The van der Waals surface area contributed by atoms with Crippen molar-refractivity contribution in [1.82, 2.24) is 30.0 Å². The smallest absolute Gasteiger partial charge is 0.317 e. The molecule has 1 saturated heterocycles. The third kappa shape index (κ3) is 3.60. The van der Waals surface area contributed by atoms with Gasteiger partial charge >= 0.3 is 6.03 Å². The second-order valence-electron chi connectivity index (χ2n) is 7.12. The van der Waals surface area contributed by atoms with Gasteiger partial charge in [-0.1, -0.05) is 6.92 Å². The number of urea groups is 1. The fraction of sp³-hybridized carbons (Fsp3) is 0.667. The summed E-state index contributed by atoms with van der Waals surface area (Å²) in [6, 6.07) is -0.00451. The SMILES string of the molecule is CCc1csc(C2CCCN(C(=O)NCc3nnc4n3CCCC4)C2)n1. The molecule has 0 saturated carbocycles. The van der Waals surface area contributed by atoms with E-state index in [1.807, 2.05) is 4.90 Å². The lowest BCUT2D eigenvalue weighted by Gasteiger charge is -2.31. The number of thiazole rings is 1. The van der Waals surface area contributed by atoms with Gasteiger partial charge in [0.25, 0.3) is 0 Å². The van der Waals surface area contributed by atoms with Crippen LogP contribution in [0.1, 0.15) is 60.9 Å². The normalized spacial score (nSPS) is 20.0. The molecule has 2 aromatic heterocycles. The Hall–Kier alpha value is -1.96. The monoisotopic (exact) mass is 374 g/mol. The Balaban J connectivity index is 1.35. The highest BCUT2D eigenvalue weighted by Gasteiger charge is 2.27. The minimum atomic E-state index is -0.00451. The predicted octanol–water partition coefficient (Wildman–Crippen LogP) is 2.72. The Bertz CT molecular complexity index is 770. The van der Waals surface area contributed by atoms with Crippen molar-refractivity contribution in [2.45, 2.75) is 64.5 Å². The van der Waals surface area contributed by atoms with E-state index in [0.29, 0.717) is 12.5 Å². The average Bonchev–Trinajstić information content (AvgIpc) is 3.33. The number of rotatable bonds is 4. The van der Waals surface area contributed by atoms with Crippen molar-refractivity contribution in [2.75, 3.05) is 13.1 Å². The van der Waals surface area contributed by atoms with E-state index in [0.717, 1.165) is 69.1 Å². The molecule has 1 fully saturated rings. The standard InChI is InChI=1S/C18H26N6OS/c1-2-14-12-26-17(20-14)13-6-5-8-23(11-13)18(25)19-10-16-22-21-15-7-3-4-9-24(15)16/h12-13H,2-11H2,1H3,(H,19,25). The molecule has 0 aliphatic carbocycles. The molecule has 2 aromatic rings. The molecule has 8 heteroatoms. The van der Waals surface area contributed by atoms with Crippen LogP contribution in [0.25, 0.3) is 0 Å². The van der Waals surface area contributed by atoms with E-state index >= 15 is 0 Å². The van der Waals surface area contributed by atoms with Crippen LogP contribution in [0.15, 0.2) is 5.38 Å². The third-order valence-corrected chi connectivity index (χ3v) is 6.38. The van der Waals surface area contributed by atoms with Crippen LogP contribution < -0.4 is 5.32 Å². The maximum Gasteiger partial charge on any atom is 0.317 e. The molecule has 2 amide bonds. The van der Waals surface area contributed by atoms with Crippen molar-refractivity contribution in [3.8, 4) is 0 Å². The highest BCUT2D eigenvalue weighted by molar-refractivity contribution is 7.09. The lowest BCUT2D eigenvalue weighted by molar-refractivity contribution is 0.178. The zero-order valence-electron chi connectivity index (χ0n) is 15.3. The Morgan fingerprint density at radius 3 is 3.08 bits per heavy atom. The summed E-state index contributed by atoms with van der Waals surface area (Å²) in [5.74, 6) is 2.28. The van der Waals surface area contributed by atoms with Gasteiger partial charge in [-0.05, 0) is 32.1 Å². The summed E-state index contributed by atoms with van der Waals surface area (Å²) in [5.41, 5.74) is 1.16. The number of aryl methyl sites for hydroxylation is 2. The second-order valence-corrected chi connectivity index (χ2v) is 8.01. The van der Waals surface area contributed by atoms with Crippen molar-refractivity contribution < 1.29 is 4.79 Å². The van der Waals surface area contributed by atoms with Gasteiger partial charge in [0, 0.05) is 37.4 Å². The molecular formula is C18H26N6OS. The minimum Gasteiger partial charge on any atom is -0.331 e. The summed E-state index contributed by atoms with van der Waals surface area (Å²) in [4.78, 5) is 19.3. The van der Waals surface area contributed by atoms with Crippen LogP contribution in [-0.2, 0) is 25.9 Å². The highest BCUT2D eigenvalue weighted by atomic mass is 32.1. The highest BCUT2D eigenvalue weighted by Crippen LogP contribution is 2.29. The number of aromatic nitrogens is 4. The molecular weight excluding hydrogens is 348 g/mol. The minimum absolute atomic E-state index is 0.00451. The summed E-state index contributed by atoms with van der Waals surface area (Å²) in [6.45, 7) is 5.10. The van der Waals surface area contributed by atoms with Gasteiger partial charge in [-0.25, -0.2) is 9.78 Å². The van der Waals surface area contributed by atoms with E-state index < -0.39 is 0 Å². The molecule has 2 aliphatic rings. The van der Waals surface area contributed by atoms with Gasteiger partial charge in [0.1, 0.15) is 5.82 Å². The lowest BCUT2D eigenvalue weighted by Crippen LogP contribution is -2.45. The molecule has 0 aromatic carbocycles. The molecule has 7 nitrogen and oxygen atoms in total. The number of piperidine rings is 1. The van der Waals surface area contributed by atoms with Crippen LogP contribution in [0, 0.1) is 0 Å². The Kier molecular flexibility index (Phi) is 5.19. The number of fused-ring (bicyclic) bond motifs is 1. The molecule has 1 N–H and O–H groups in total. The number of likely N-dealkylation sites (tertiary alicyclic amines) is 1. The zero-order chi connectivity index (χ0) is 17.9. The first kappa shape index (κ1) is 17.5. The zero-order valence-corrected chi connectivity index (χ0v) is 16.1. The van der Waals surface area contributed by atoms with E-state index in [1.165, 1.54) is 11.4 Å². The number of carbonyl (C=O) groups excluding carboxylic acids is 1. The Morgan fingerprint density at radius 2 is 2.23 bits per heavy atom. The number of hydrogen-bond acceptors (Lipinski definition) is 5. The fourth-order valence-electron chi connectivity index (χ4n) is 3.80. The first-order chi connectivity index (χ1) is 12.7. The molecule has 0 radical (unpaired) electrons. The molecule has 1 atom stereocenters. The molecule has 26 heavy (non-hydrogen) atoms. The third-order valence-electron chi connectivity index (χ3n) is 5.32. The van der Waals surface area contributed by atoms with Crippen molar-refractivity contribution in [3.63, 3.8) is 0 Å². The van der Waals surface area contributed by atoms with Crippen molar-refractivity contribution in [1.29, 1.82) is 0 Å². The van der Waals surface area contributed by atoms with E-state index in [-0.39, 0.29) is 6.03 Å². The van der Waals surface area contributed by atoms with Crippen LogP contribution in [0.3, 0.4) is 0 Å². The maximum absolute atomic E-state index is 12.6. The van der Waals surface area contributed by atoms with Crippen LogP contribution in [-0.4, -0.2) is 43.8 Å². The van der Waals surface area contributed by atoms with Crippen LogP contribution in [0.2, 0.25) is 0 Å². The second kappa shape index (κ2) is 7.73. The van der Waals surface area contributed by atoms with Crippen LogP contribution in [0.4, 0.5) is 4.79 Å². The number of amides is 2. The number of hydrogen-bond donors (Lipinski definition) is 1. The number of carbonyl (C=O) groups is 1. The fourth-order valence-corrected chi connectivity index (χ4v) is 4.83. The molecule has 2 aliphatic heterocycles. The Labute approximate surface area is 157 Å². The number of nitrogens with zero attached hydrogens (tertiary/aromatic N) is 5. The summed E-state index contributed by atoms with van der Waals surface area (Å²) < 4.78 is 2.16. The topological polar surface area (TPSA) is 75.9 Å². The van der Waals surface area contributed by atoms with Gasteiger partial charge in [0.2, 0.25) is 0 Å². The number of nitrogens with one attached hydrogen (secondary N) is 1. The van der Waals surface area contributed by atoms with E-state index in [2.05, 4.69) is 32.4 Å².